The first kappa shape index (κ1) is 20.7. The van der Waals surface area contributed by atoms with Crippen molar-refractivity contribution >= 4 is 52.9 Å². The molecule has 0 bridgehead atoms. The number of halogens is 1. The summed E-state index contributed by atoms with van der Waals surface area (Å²) >= 11 is 5.81. The summed E-state index contributed by atoms with van der Waals surface area (Å²) in [6.45, 7) is 3.40. The zero-order valence-electron chi connectivity index (χ0n) is 12.9. The molecule has 24 heavy (non-hydrogen) atoms. The molecule has 0 aliphatic carbocycles. The second kappa shape index (κ2) is 8.67. The molecule has 0 aromatic heterocycles. The molecule has 0 aliphatic rings. The zero-order chi connectivity index (χ0) is 17.0. The Morgan fingerprint density at radius 2 is 1.46 bits per heavy atom. The van der Waals surface area contributed by atoms with Crippen LogP contribution >= 0.6 is 11.6 Å². The van der Waals surface area contributed by atoms with Crippen LogP contribution in [0.15, 0.2) is 48.5 Å². The van der Waals surface area contributed by atoms with Gasteiger partial charge in [0.15, 0.2) is 5.78 Å². The molecular weight excluding hydrogens is 339 g/mol. The Hall–Kier alpha value is -1.33. The Morgan fingerprint density at radius 3 is 1.92 bits per heavy atom. The van der Waals surface area contributed by atoms with Crippen LogP contribution in [0.2, 0.25) is 5.02 Å². The molecule has 0 saturated carbocycles. The molecule has 0 aliphatic heterocycles. The molecule has 2 rings (SSSR count). The van der Waals surface area contributed by atoms with E-state index in [1.54, 1.807) is 62.4 Å². The second-order valence-electron chi connectivity index (χ2n) is 5.79. The molecule has 122 valence electrons. The van der Waals surface area contributed by atoms with Crippen LogP contribution in [0.25, 0.3) is 0 Å². The third kappa shape index (κ3) is 5.95. The van der Waals surface area contributed by atoms with Gasteiger partial charge in [0.25, 0.3) is 0 Å². The van der Waals surface area contributed by atoms with Gasteiger partial charge in [0.2, 0.25) is 0 Å². The second-order valence-corrected chi connectivity index (χ2v) is 6.23. The summed E-state index contributed by atoms with van der Waals surface area (Å²) in [5, 5.41) is 9.43. The van der Waals surface area contributed by atoms with E-state index in [1.165, 1.54) is 0 Å². The van der Waals surface area contributed by atoms with Gasteiger partial charge in [-0.15, -0.1) is 0 Å². The van der Waals surface area contributed by atoms with Crippen molar-refractivity contribution in [2.45, 2.75) is 25.9 Å². The van der Waals surface area contributed by atoms with Gasteiger partial charge in [0, 0.05) is 16.1 Å². The number of carboxylic acids is 1. The molecule has 0 spiro atoms. The summed E-state index contributed by atoms with van der Waals surface area (Å²) in [5.41, 5.74) is 0.248. The summed E-state index contributed by atoms with van der Waals surface area (Å²) in [7, 11) is 0. The number of carbonyl (C=O) groups is 2. The van der Waals surface area contributed by atoms with E-state index >= 15 is 0 Å². The molecule has 1 N–H and O–H groups in total. The van der Waals surface area contributed by atoms with Crippen LogP contribution in [0.3, 0.4) is 0 Å². The number of benzene rings is 2. The zero-order valence-corrected chi connectivity index (χ0v) is 13.6. The normalized spacial score (nSPS) is 10.6. The van der Waals surface area contributed by atoms with E-state index in [0.717, 1.165) is 0 Å². The Balaban J connectivity index is 0.00000288. The standard InChI is InChI=1S/C18H17ClO4.Na.H/c1-18(2,11-16(20)21)23-15-9-5-13(6-10-15)17(22)12-3-7-14(19)8-4-12;;/h3-10H,11H2,1-2H3,(H,20,21);;. The van der Waals surface area contributed by atoms with E-state index < -0.39 is 11.6 Å². The fraction of sp³-hybridized carbons (Fsp3) is 0.222. The summed E-state index contributed by atoms with van der Waals surface area (Å²) in [6, 6.07) is 13.3. The maximum atomic E-state index is 12.3. The van der Waals surface area contributed by atoms with Gasteiger partial charge >= 0.3 is 35.5 Å². The quantitative estimate of drug-likeness (QED) is 0.635. The molecular formula is C18H18ClNaO4. The molecule has 0 fully saturated rings. The number of carbonyl (C=O) groups excluding carboxylic acids is 1. The molecule has 0 amide bonds. The average molecular weight is 357 g/mol. The summed E-state index contributed by atoms with van der Waals surface area (Å²) in [4.78, 5) is 23.1. The first-order valence-corrected chi connectivity index (χ1v) is 7.46. The maximum absolute atomic E-state index is 12.3. The third-order valence-electron chi connectivity index (χ3n) is 3.19. The predicted octanol–water partition coefficient (Wildman–Crippen LogP) is 3.55. The monoisotopic (exact) mass is 356 g/mol. The number of hydrogen-bond donors (Lipinski definition) is 1. The minimum absolute atomic E-state index is 0. The number of rotatable bonds is 6. The van der Waals surface area contributed by atoms with Crippen molar-refractivity contribution in [2.24, 2.45) is 0 Å². The molecule has 0 atom stereocenters. The molecule has 0 radical (unpaired) electrons. The van der Waals surface area contributed by atoms with E-state index in [-0.39, 0.29) is 41.8 Å². The van der Waals surface area contributed by atoms with Crippen molar-refractivity contribution in [1.29, 1.82) is 0 Å². The van der Waals surface area contributed by atoms with Gasteiger partial charge in [-0.2, -0.15) is 0 Å². The number of carboxylic acid groups (broad SMARTS) is 1. The summed E-state index contributed by atoms with van der Waals surface area (Å²) < 4.78 is 5.66. The van der Waals surface area contributed by atoms with E-state index in [4.69, 9.17) is 21.4 Å². The topological polar surface area (TPSA) is 63.6 Å². The molecule has 0 saturated heterocycles. The Morgan fingerprint density at radius 1 is 1.00 bits per heavy atom. The van der Waals surface area contributed by atoms with E-state index in [9.17, 15) is 9.59 Å². The van der Waals surface area contributed by atoms with Crippen LogP contribution in [0.1, 0.15) is 36.2 Å². The SMILES string of the molecule is CC(C)(CC(=O)O)Oc1ccc(C(=O)c2ccc(Cl)cc2)cc1.[NaH]. The number of ether oxygens (including phenoxy) is 1. The van der Waals surface area contributed by atoms with Crippen molar-refractivity contribution in [3.05, 3.63) is 64.7 Å². The Kier molecular flexibility index (Phi) is 7.49. The first-order chi connectivity index (χ1) is 10.8. The number of aliphatic carboxylic acids is 1. The molecule has 2 aromatic carbocycles. The van der Waals surface area contributed by atoms with Gasteiger partial charge in [-0.3, -0.25) is 9.59 Å². The van der Waals surface area contributed by atoms with Gasteiger partial charge in [0.1, 0.15) is 11.4 Å². The van der Waals surface area contributed by atoms with Crippen LogP contribution in [0.5, 0.6) is 5.75 Å². The van der Waals surface area contributed by atoms with Gasteiger partial charge in [-0.05, 0) is 62.4 Å². The first-order valence-electron chi connectivity index (χ1n) is 7.08. The van der Waals surface area contributed by atoms with Gasteiger partial charge in [-0.25, -0.2) is 0 Å². The van der Waals surface area contributed by atoms with Gasteiger partial charge < -0.3 is 9.84 Å². The average Bonchev–Trinajstić information content (AvgIpc) is 2.46. The molecule has 6 heteroatoms. The van der Waals surface area contributed by atoms with Crippen molar-refractivity contribution < 1.29 is 19.4 Å². The van der Waals surface area contributed by atoms with E-state index in [1.807, 2.05) is 0 Å². The van der Waals surface area contributed by atoms with Crippen LogP contribution in [0, 0.1) is 0 Å². The molecule has 2 aromatic rings. The van der Waals surface area contributed by atoms with Crippen LogP contribution in [-0.2, 0) is 4.79 Å². The summed E-state index contributed by atoms with van der Waals surface area (Å²) in [6.07, 6.45) is -0.113. The van der Waals surface area contributed by atoms with Crippen LogP contribution in [0.4, 0.5) is 0 Å². The van der Waals surface area contributed by atoms with Crippen molar-refractivity contribution in [1.82, 2.24) is 0 Å². The van der Waals surface area contributed by atoms with Gasteiger partial charge in [0.05, 0.1) is 6.42 Å². The van der Waals surface area contributed by atoms with Crippen molar-refractivity contribution in [3.63, 3.8) is 0 Å². The molecule has 0 heterocycles. The Bertz CT molecular complexity index is 709. The minimum atomic E-state index is -0.926. The fourth-order valence-corrected chi connectivity index (χ4v) is 2.29. The van der Waals surface area contributed by atoms with E-state index in [2.05, 4.69) is 0 Å². The number of ketones is 1. The molecule has 4 nitrogen and oxygen atoms in total. The van der Waals surface area contributed by atoms with Gasteiger partial charge in [-0.1, -0.05) is 11.6 Å². The number of hydrogen-bond acceptors (Lipinski definition) is 3. The van der Waals surface area contributed by atoms with E-state index in [0.29, 0.717) is 21.9 Å². The van der Waals surface area contributed by atoms with Crippen LogP contribution in [-0.4, -0.2) is 52.0 Å². The molecule has 0 unspecified atom stereocenters. The van der Waals surface area contributed by atoms with Crippen molar-refractivity contribution in [2.75, 3.05) is 0 Å². The summed E-state index contributed by atoms with van der Waals surface area (Å²) in [5.74, 6) is -0.522. The third-order valence-corrected chi connectivity index (χ3v) is 3.45. The Labute approximate surface area is 168 Å². The van der Waals surface area contributed by atoms with Crippen molar-refractivity contribution in [3.8, 4) is 5.75 Å². The van der Waals surface area contributed by atoms with Crippen LogP contribution < -0.4 is 4.74 Å². The predicted molar refractivity (Wildman–Crippen MR) is 95.4 cm³/mol. The fourth-order valence-electron chi connectivity index (χ4n) is 2.16.